The Labute approximate surface area is 135 Å². The second-order valence-electron chi connectivity index (χ2n) is 5.76. The first-order valence-corrected chi connectivity index (χ1v) is 7.83. The number of rotatable bonds is 3. The first-order chi connectivity index (χ1) is 11.3. The summed E-state index contributed by atoms with van der Waals surface area (Å²) in [5.74, 6) is 1.81. The third-order valence-corrected chi connectivity index (χ3v) is 4.50. The van der Waals surface area contributed by atoms with Crippen molar-refractivity contribution in [1.29, 1.82) is 0 Å². The minimum absolute atomic E-state index is 0.887. The van der Waals surface area contributed by atoms with Crippen LogP contribution in [-0.2, 0) is 6.42 Å². The molecule has 0 atom stereocenters. The zero-order chi connectivity index (χ0) is 15.8. The number of nitrogens with zero attached hydrogens (tertiary/aromatic N) is 1. The number of aromatic nitrogens is 1. The highest BCUT2D eigenvalue weighted by atomic mass is 16.5. The van der Waals surface area contributed by atoms with Crippen molar-refractivity contribution < 1.29 is 9.47 Å². The number of allylic oxidation sites excluding steroid dienone is 1. The summed E-state index contributed by atoms with van der Waals surface area (Å²) in [6, 6.07) is 14.7. The molecule has 3 heteroatoms. The number of aryl methyl sites for hydroxylation is 1. The molecule has 0 unspecified atom stereocenters. The summed E-state index contributed by atoms with van der Waals surface area (Å²) in [5, 5.41) is 1.19. The first kappa shape index (κ1) is 13.9. The van der Waals surface area contributed by atoms with Gasteiger partial charge in [0.2, 0.25) is 0 Å². The molecule has 116 valence electrons. The lowest BCUT2D eigenvalue weighted by Gasteiger charge is -2.20. The summed E-state index contributed by atoms with van der Waals surface area (Å²) in [6.45, 7) is 0. The number of ether oxygens (including phenoxy) is 2. The quantitative estimate of drug-likeness (QED) is 0.711. The van der Waals surface area contributed by atoms with Gasteiger partial charge in [-0.2, -0.15) is 0 Å². The molecule has 4 rings (SSSR count). The maximum Gasteiger partial charge on any atom is 0.119 e. The number of methoxy groups -OCH3 is 2. The van der Waals surface area contributed by atoms with Crippen molar-refractivity contribution in [2.24, 2.45) is 0 Å². The Morgan fingerprint density at radius 3 is 2.52 bits per heavy atom. The topological polar surface area (TPSA) is 23.4 Å². The highest BCUT2D eigenvalue weighted by molar-refractivity contribution is 5.87. The van der Waals surface area contributed by atoms with Gasteiger partial charge in [0.25, 0.3) is 0 Å². The van der Waals surface area contributed by atoms with Crippen LogP contribution < -0.4 is 9.47 Å². The van der Waals surface area contributed by atoms with Crippen LogP contribution in [0.4, 0.5) is 0 Å². The van der Waals surface area contributed by atoms with Crippen LogP contribution in [0, 0.1) is 0 Å². The molecule has 0 saturated heterocycles. The molecule has 23 heavy (non-hydrogen) atoms. The summed E-state index contributed by atoms with van der Waals surface area (Å²) >= 11 is 0. The molecule has 3 aromatic rings. The van der Waals surface area contributed by atoms with E-state index in [2.05, 4.69) is 47.2 Å². The van der Waals surface area contributed by atoms with E-state index in [-0.39, 0.29) is 0 Å². The van der Waals surface area contributed by atoms with Crippen LogP contribution >= 0.6 is 0 Å². The molecule has 0 amide bonds. The third-order valence-electron chi connectivity index (χ3n) is 4.50. The molecule has 1 aliphatic rings. The molecule has 3 nitrogen and oxygen atoms in total. The van der Waals surface area contributed by atoms with Crippen LogP contribution in [0.15, 0.2) is 54.7 Å². The number of benzene rings is 2. The van der Waals surface area contributed by atoms with Crippen molar-refractivity contribution in [3.63, 3.8) is 0 Å². The van der Waals surface area contributed by atoms with Crippen molar-refractivity contribution >= 4 is 16.6 Å². The van der Waals surface area contributed by atoms with E-state index in [1.807, 2.05) is 12.1 Å². The maximum absolute atomic E-state index is 5.36. The van der Waals surface area contributed by atoms with Crippen LogP contribution in [0.25, 0.3) is 16.6 Å². The molecule has 0 saturated carbocycles. The molecule has 0 spiro atoms. The van der Waals surface area contributed by atoms with Gasteiger partial charge >= 0.3 is 0 Å². The smallest absolute Gasteiger partial charge is 0.119 e. The Bertz CT molecular complexity index is 905. The Morgan fingerprint density at radius 1 is 0.913 bits per heavy atom. The van der Waals surface area contributed by atoms with E-state index in [9.17, 15) is 0 Å². The van der Waals surface area contributed by atoms with Gasteiger partial charge in [-0.1, -0.05) is 6.08 Å². The van der Waals surface area contributed by atoms with Gasteiger partial charge in [0, 0.05) is 22.8 Å². The van der Waals surface area contributed by atoms with Crippen LogP contribution in [0.2, 0.25) is 0 Å². The van der Waals surface area contributed by atoms with Crippen LogP contribution in [0.5, 0.6) is 11.5 Å². The Hall–Kier alpha value is -2.68. The predicted octanol–water partition coefficient (Wildman–Crippen LogP) is 4.49. The Balaban J connectivity index is 1.84. The van der Waals surface area contributed by atoms with Gasteiger partial charge in [0.1, 0.15) is 11.5 Å². The molecule has 1 heterocycles. The number of hydrogen-bond acceptors (Lipinski definition) is 2. The summed E-state index contributed by atoms with van der Waals surface area (Å²) in [7, 11) is 3.42. The van der Waals surface area contributed by atoms with E-state index in [4.69, 9.17) is 9.47 Å². The van der Waals surface area contributed by atoms with Crippen molar-refractivity contribution in [2.45, 2.75) is 12.8 Å². The zero-order valence-corrected chi connectivity index (χ0v) is 13.4. The minimum Gasteiger partial charge on any atom is -0.497 e. The first-order valence-electron chi connectivity index (χ1n) is 7.83. The predicted molar refractivity (Wildman–Crippen MR) is 93.2 cm³/mol. The second-order valence-corrected chi connectivity index (χ2v) is 5.76. The monoisotopic (exact) mass is 305 g/mol. The van der Waals surface area contributed by atoms with E-state index in [1.54, 1.807) is 14.2 Å². The van der Waals surface area contributed by atoms with Gasteiger partial charge in [-0.05, 0) is 60.9 Å². The fraction of sp³-hybridized carbons (Fsp3) is 0.200. The van der Waals surface area contributed by atoms with E-state index < -0.39 is 0 Å². The molecule has 0 aliphatic heterocycles. The lowest BCUT2D eigenvalue weighted by molar-refractivity contribution is 0.414. The fourth-order valence-corrected chi connectivity index (χ4v) is 3.31. The van der Waals surface area contributed by atoms with Crippen molar-refractivity contribution in [3.05, 3.63) is 65.9 Å². The molecule has 0 fully saturated rings. The second kappa shape index (κ2) is 5.51. The van der Waals surface area contributed by atoms with Gasteiger partial charge in [-0.3, -0.25) is 0 Å². The van der Waals surface area contributed by atoms with Crippen molar-refractivity contribution in [3.8, 4) is 11.5 Å². The molecule has 2 aromatic carbocycles. The summed E-state index contributed by atoms with van der Waals surface area (Å²) in [5.41, 5.74) is 5.07. The van der Waals surface area contributed by atoms with Gasteiger partial charge in [-0.15, -0.1) is 0 Å². The largest absolute Gasteiger partial charge is 0.497 e. The average molecular weight is 305 g/mol. The fourth-order valence-electron chi connectivity index (χ4n) is 3.31. The number of hydrogen-bond donors (Lipinski definition) is 0. The summed E-state index contributed by atoms with van der Waals surface area (Å²) in [4.78, 5) is 0. The summed E-state index contributed by atoms with van der Waals surface area (Å²) < 4.78 is 12.9. The van der Waals surface area contributed by atoms with Crippen LogP contribution in [-0.4, -0.2) is 18.8 Å². The molecular formula is C20H19NO2. The standard InChI is InChI=1S/C20H19NO2/c1-22-16-6-8-18-14(12-16)4-3-5-20(18)21-11-10-15-13-17(23-2)7-9-19(15)21/h5-13H,3-4H2,1-2H3. The Morgan fingerprint density at radius 2 is 1.70 bits per heavy atom. The van der Waals surface area contributed by atoms with Crippen molar-refractivity contribution in [2.75, 3.05) is 14.2 Å². The molecule has 0 bridgehead atoms. The minimum atomic E-state index is 0.887. The maximum atomic E-state index is 5.36. The van der Waals surface area contributed by atoms with E-state index >= 15 is 0 Å². The van der Waals surface area contributed by atoms with E-state index in [0.717, 1.165) is 24.3 Å². The van der Waals surface area contributed by atoms with Crippen LogP contribution in [0.3, 0.4) is 0 Å². The SMILES string of the molecule is COc1ccc2c(c1)CCC=C2n1ccc2cc(OC)ccc21. The molecule has 0 N–H and O–H groups in total. The molecule has 0 radical (unpaired) electrons. The lowest BCUT2D eigenvalue weighted by Crippen LogP contribution is -2.06. The van der Waals surface area contributed by atoms with Crippen molar-refractivity contribution in [1.82, 2.24) is 4.57 Å². The van der Waals surface area contributed by atoms with Gasteiger partial charge in [0.15, 0.2) is 0 Å². The molecule has 1 aliphatic carbocycles. The normalized spacial score (nSPS) is 13.6. The Kier molecular flexibility index (Phi) is 3.34. The van der Waals surface area contributed by atoms with Gasteiger partial charge in [-0.25, -0.2) is 0 Å². The highest BCUT2D eigenvalue weighted by Crippen LogP contribution is 2.33. The average Bonchev–Trinajstić information content (AvgIpc) is 3.03. The molecule has 1 aromatic heterocycles. The highest BCUT2D eigenvalue weighted by Gasteiger charge is 2.16. The lowest BCUT2D eigenvalue weighted by atomic mass is 9.94. The third kappa shape index (κ3) is 2.29. The van der Waals surface area contributed by atoms with E-state index in [1.165, 1.54) is 27.7 Å². The molecular weight excluding hydrogens is 286 g/mol. The van der Waals surface area contributed by atoms with Gasteiger partial charge in [0.05, 0.1) is 19.7 Å². The van der Waals surface area contributed by atoms with Crippen LogP contribution in [0.1, 0.15) is 17.5 Å². The van der Waals surface area contributed by atoms with E-state index in [0.29, 0.717) is 0 Å². The summed E-state index contributed by atoms with van der Waals surface area (Å²) in [6.07, 6.45) is 6.56. The zero-order valence-electron chi connectivity index (χ0n) is 13.4. The van der Waals surface area contributed by atoms with Gasteiger partial charge < -0.3 is 14.0 Å². The number of fused-ring (bicyclic) bond motifs is 2.